The Morgan fingerprint density at radius 2 is 0.873 bits per heavy atom. The van der Waals surface area contributed by atoms with E-state index in [1.165, 1.54) is 22.3 Å². The van der Waals surface area contributed by atoms with E-state index in [1.54, 1.807) is 0 Å². The fraction of sp³-hybridized carbons (Fsp3) is 0.0588. The molecule has 4 nitrogen and oxygen atoms in total. The second-order valence-electron chi connectivity index (χ2n) is 14.5. The van der Waals surface area contributed by atoms with Gasteiger partial charge >= 0.3 is 0 Å². The predicted molar refractivity (Wildman–Crippen MR) is 223 cm³/mol. The van der Waals surface area contributed by atoms with Crippen molar-refractivity contribution in [2.45, 2.75) is 19.3 Å². The standard InChI is InChI=1S/C51H37NO3/c1-51(2)42-18-6-7-21-45(42)54-50-43(51)19-12-20-44(50)52(39-29-25-35(26-30-39)38-16-10-15-37(33-38)34-13-4-3-5-14-34)40-31-27-36(28-32-40)41-17-11-24-48-49(41)55-47-23-9-8-22-46(47)53-48/h3-33H,1-2H3. The minimum atomic E-state index is -0.254. The third-order valence-electron chi connectivity index (χ3n) is 10.8. The molecule has 0 fully saturated rings. The zero-order chi connectivity index (χ0) is 36.9. The zero-order valence-electron chi connectivity index (χ0n) is 30.6. The van der Waals surface area contributed by atoms with E-state index in [9.17, 15) is 0 Å². The summed E-state index contributed by atoms with van der Waals surface area (Å²) in [7, 11) is 0. The Morgan fingerprint density at radius 3 is 1.60 bits per heavy atom. The summed E-state index contributed by atoms with van der Waals surface area (Å²) in [4.78, 5) is 2.30. The third kappa shape index (κ3) is 5.71. The highest BCUT2D eigenvalue weighted by Gasteiger charge is 2.36. The van der Waals surface area contributed by atoms with Gasteiger partial charge in [-0.1, -0.05) is 141 Å². The maximum Gasteiger partial charge on any atom is 0.177 e. The van der Waals surface area contributed by atoms with E-state index in [-0.39, 0.29) is 5.41 Å². The minimum Gasteiger partial charge on any atom is -0.455 e. The van der Waals surface area contributed by atoms with Gasteiger partial charge in [-0.15, -0.1) is 0 Å². The monoisotopic (exact) mass is 711 g/mol. The first-order chi connectivity index (χ1) is 27.0. The molecular formula is C51H37NO3. The van der Waals surface area contributed by atoms with Crippen molar-refractivity contribution in [3.63, 3.8) is 0 Å². The molecule has 264 valence electrons. The molecule has 0 amide bonds. The van der Waals surface area contributed by atoms with E-state index in [2.05, 4.69) is 164 Å². The van der Waals surface area contributed by atoms with Crippen molar-refractivity contribution in [2.75, 3.05) is 4.90 Å². The van der Waals surface area contributed by atoms with Crippen LogP contribution in [0.5, 0.6) is 34.5 Å². The molecule has 0 spiro atoms. The molecular weight excluding hydrogens is 675 g/mol. The number of hydrogen-bond acceptors (Lipinski definition) is 4. The lowest BCUT2D eigenvalue weighted by atomic mass is 9.75. The van der Waals surface area contributed by atoms with Crippen LogP contribution in [0.2, 0.25) is 0 Å². The van der Waals surface area contributed by atoms with Crippen LogP contribution in [0.4, 0.5) is 17.1 Å². The smallest absolute Gasteiger partial charge is 0.177 e. The van der Waals surface area contributed by atoms with E-state index < -0.39 is 0 Å². The molecule has 2 aliphatic rings. The van der Waals surface area contributed by atoms with Crippen molar-refractivity contribution in [3.05, 3.63) is 199 Å². The Hall–Kier alpha value is -7.04. The first-order valence-electron chi connectivity index (χ1n) is 18.7. The lowest BCUT2D eigenvalue weighted by molar-refractivity contribution is 0.361. The lowest BCUT2D eigenvalue weighted by Gasteiger charge is -2.37. The minimum absolute atomic E-state index is 0.254. The molecule has 0 aliphatic carbocycles. The van der Waals surface area contributed by atoms with Crippen LogP contribution < -0.4 is 19.1 Å². The summed E-state index contributed by atoms with van der Waals surface area (Å²) < 4.78 is 19.5. The second kappa shape index (κ2) is 13.1. The van der Waals surface area contributed by atoms with Crippen LogP contribution in [0, 0.1) is 0 Å². The van der Waals surface area contributed by atoms with Crippen LogP contribution in [0.3, 0.4) is 0 Å². The Bertz CT molecular complexity index is 2700. The summed E-state index contributed by atoms with van der Waals surface area (Å²) in [6.45, 7) is 4.55. The molecule has 0 radical (unpaired) electrons. The number of rotatable bonds is 6. The highest BCUT2D eigenvalue weighted by atomic mass is 16.6. The molecule has 8 aromatic rings. The van der Waals surface area contributed by atoms with Crippen molar-refractivity contribution in [1.29, 1.82) is 0 Å². The van der Waals surface area contributed by atoms with Crippen LogP contribution in [0.1, 0.15) is 25.0 Å². The van der Waals surface area contributed by atoms with E-state index in [0.717, 1.165) is 50.8 Å². The van der Waals surface area contributed by atoms with Gasteiger partial charge in [0.25, 0.3) is 0 Å². The predicted octanol–water partition coefficient (Wildman–Crippen LogP) is 14.5. The van der Waals surface area contributed by atoms with Crippen molar-refractivity contribution in [1.82, 2.24) is 0 Å². The molecule has 4 heteroatoms. The number of anilines is 3. The maximum atomic E-state index is 6.83. The van der Waals surface area contributed by atoms with Gasteiger partial charge in [0.15, 0.2) is 28.7 Å². The molecule has 2 aliphatic heterocycles. The molecule has 55 heavy (non-hydrogen) atoms. The number of nitrogens with zero attached hydrogens (tertiary/aromatic N) is 1. The van der Waals surface area contributed by atoms with Gasteiger partial charge in [0.2, 0.25) is 0 Å². The fourth-order valence-electron chi connectivity index (χ4n) is 7.93. The van der Waals surface area contributed by atoms with E-state index in [1.807, 2.05) is 42.5 Å². The van der Waals surface area contributed by atoms with E-state index in [0.29, 0.717) is 23.0 Å². The molecule has 0 N–H and O–H groups in total. The summed E-state index contributed by atoms with van der Waals surface area (Å²) in [6, 6.07) is 65.4. The van der Waals surface area contributed by atoms with E-state index in [4.69, 9.17) is 14.2 Å². The third-order valence-corrected chi connectivity index (χ3v) is 10.8. The molecule has 2 heterocycles. The molecule has 10 rings (SSSR count). The first-order valence-corrected chi connectivity index (χ1v) is 18.7. The Morgan fingerprint density at radius 1 is 0.364 bits per heavy atom. The normalized spacial score (nSPS) is 13.1. The van der Waals surface area contributed by atoms with Crippen molar-refractivity contribution in [2.24, 2.45) is 0 Å². The van der Waals surface area contributed by atoms with Gasteiger partial charge in [-0.05, 0) is 88.5 Å². The fourth-order valence-corrected chi connectivity index (χ4v) is 7.93. The van der Waals surface area contributed by atoms with Crippen LogP contribution in [-0.2, 0) is 5.41 Å². The highest BCUT2D eigenvalue weighted by Crippen LogP contribution is 2.54. The topological polar surface area (TPSA) is 30.9 Å². The quantitative estimate of drug-likeness (QED) is 0.172. The molecule has 0 atom stereocenters. The Kier molecular flexibility index (Phi) is 7.77. The molecule has 0 saturated heterocycles. The van der Waals surface area contributed by atoms with Crippen molar-refractivity contribution >= 4 is 17.1 Å². The van der Waals surface area contributed by atoms with Gasteiger partial charge in [0.1, 0.15) is 5.75 Å². The Balaban J connectivity index is 1.07. The maximum absolute atomic E-state index is 6.83. The zero-order valence-corrected chi connectivity index (χ0v) is 30.6. The Labute approximate surface area is 321 Å². The second-order valence-corrected chi connectivity index (χ2v) is 14.5. The average Bonchev–Trinajstić information content (AvgIpc) is 3.24. The lowest BCUT2D eigenvalue weighted by Crippen LogP contribution is -2.25. The first kappa shape index (κ1) is 32.6. The average molecular weight is 712 g/mol. The molecule has 0 unspecified atom stereocenters. The van der Waals surface area contributed by atoms with Gasteiger partial charge in [-0.2, -0.15) is 0 Å². The van der Waals surface area contributed by atoms with Gasteiger partial charge in [-0.25, -0.2) is 0 Å². The number of hydrogen-bond donors (Lipinski definition) is 0. The van der Waals surface area contributed by atoms with Gasteiger partial charge in [0.05, 0.1) is 5.69 Å². The van der Waals surface area contributed by atoms with Gasteiger partial charge in [0, 0.05) is 33.5 Å². The molecule has 0 bridgehead atoms. The van der Waals surface area contributed by atoms with Gasteiger partial charge < -0.3 is 19.1 Å². The SMILES string of the molecule is CC1(C)c2ccccc2Oc2c(N(c3ccc(-c4cccc(-c5ccccc5)c4)cc3)c3ccc(-c4cccc5c4Oc4ccccc4O5)cc3)cccc21. The van der Waals surface area contributed by atoms with Crippen LogP contribution in [0.15, 0.2) is 188 Å². The van der Waals surface area contributed by atoms with Crippen LogP contribution in [-0.4, -0.2) is 0 Å². The summed E-state index contributed by atoms with van der Waals surface area (Å²) in [6.07, 6.45) is 0. The molecule has 0 saturated carbocycles. The summed E-state index contributed by atoms with van der Waals surface area (Å²) in [5.41, 5.74) is 11.8. The molecule has 0 aromatic heterocycles. The summed E-state index contributed by atoms with van der Waals surface area (Å²) >= 11 is 0. The largest absolute Gasteiger partial charge is 0.455 e. The summed E-state index contributed by atoms with van der Waals surface area (Å²) in [5, 5.41) is 0. The van der Waals surface area contributed by atoms with Crippen molar-refractivity contribution < 1.29 is 14.2 Å². The van der Waals surface area contributed by atoms with E-state index >= 15 is 0 Å². The summed E-state index contributed by atoms with van der Waals surface area (Å²) in [5.74, 6) is 4.58. The van der Waals surface area contributed by atoms with Crippen LogP contribution in [0.25, 0.3) is 33.4 Å². The number of ether oxygens (including phenoxy) is 3. The van der Waals surface area contributed by atoms with Crippen molar-refractivity contribution in [3.8, 4) is 67.9 Å². The number of benzene rings is 8. The van der Waals surface area contributed by atoms with Crippen LogP contribution >= 0.6 is 0 Å². The van der Waals surface area contributed by atoms with Gasteiger partial charge in [-0.3, -0.25) is 0 Å². The number of fused-ring (bicyclic) bond motifs is 4. The highest BCUT2D eigenvalue weighted by molar-refractivity contribution is 5.86. The molecule has 8 aromatic carbocycles. The number of para-hydroxylation sites is 5.